The van der Waals surface area contributed by atoms with E-state index in [9.17, 15) is 59.0 Å². The zero-order valence-corrected chi connectivity index (χ0v) is 25.0. The van der Waals surface area contributed by atoms with Crippen LogP contribution in [-0.4, -0.2) is 59.9 Å². The first-order valence-corrected chi connectivity index (χ1v) is 14.7. The van der Waals surface area contributed by atoms with Crippen LogP contribution in [0.1, 0.15) is 73.3 Å². The Morgan fingerprint density at radius 3 is 1.54 bits per heavy atom. The van der Waals surface area contributed by atoms with Crippen LogP contribution in [0.5, 0.6) is 0 Å². The average molecular weight is 669 g/mol. The molecule has 1 N–H and O–H groups in total. The fraction of sp³-hybridized carbons (Fsp3) is 0.267. The minimum absolute atomic E-state index is 0.0235. The van der Waals surface area contributed by atoms with Crippen molar-refractivity contribution >= 4 is 39.2 Å². The summed E-state index contributed by atoms with van der Waals surface area (Å²) in [7, 11) is -4.51. The van der Waals surface area contributed by atoms with E-state index in [4.69, 9.17) is 0 Å². The molecule has 5 rings (SSSR count). The fourth-order valence-corrected chi connectivity index (χ4v) is 6.67. The van der Waals surface area contributed by atoms with Gasteiger partial charge in [-0.15, -0.1) is 0 Å². The molecular weight excluding hydrogens is 646 g/mol. The van der Waals surface area contributed by atoms with Gasteiger partial charge in [0, 0.05) is 11.1 Å². The zero-order valence-electron chi connectivity index (χ0n) is 24.2. The minimum atomic E-state index is -6.24. The number of anilines is 1. The Hall–Kier alpha value is -4.57. The summed E-state index contributed by atoms with van der Waals surface area (Å²) in [4.78, 5) is 52.5. The highest BCUT2D eigenvalue weighted by molar-refractivity contribution is 7.91. The van der Waals surface area contributed by atoms with E-state index in [0.717, 1.165) is 60.4 Å². The standard InChI is InChI=1S/C30H22F6N2O7S/c1-14-5-6-15(11-22(14)28(43,29(31,32)33)30(34,35)36)37-23(39)18-9-7-16(12-20(18)24(37)40)46(44,45)17-8-10-19-21(13-17)26(42)38(25(19)41)27(2,3)4/h5-13,43H,1-4H3. The fourth-order valence-electron chi connectivity index (χ4n) is 5.36. The van der Waals surface area contributed by atoms with Gasteiger partial charge in [-0.1, -0.05) is 6.07 Å². The number of imide groups is 2. The summed E-state index contributed by atoms with van der Waals surface area (Å²) in [6.45, 7) is 5.71. The number of nitrogens with zero attached hydrogens (tertiary/aromatic N) is 2. The summed E-state index contributed by atoms with van der Waals surface area (Å²) in [6, 6.07) is 7.83. The van der Waals surface area contributed by atoms with Gasteiger partial charge in [0.05, 0.1) is 37.7 Å². The van der Waals surface area contributed by atoms with Crippen LogP contribution in [0, 0.1) is 6.92 Å². The van der Waals surface area contributed by atoms with Crippen LogP contribution in [0.15, 0.2) is 64.4 Å². The summed E-state index contributed by atoms with van der Waals surface area (Å²) in [5.41, 5.74) is -10.4. The maximum absolute atomic E-state index is 13.6. The van der Waals surface area contributed by atoms with E-state index in [1.165, 1.54) is 0 Å². The number of sulfone groups is 1. The lowest BCUT2D eigenvalue weighted by atomic mass is 9.88. The van der Waals surface area contributed by atoms with Crippen molar-refractivity contribution in [2.45, 2.75) is 61.0 Å². The average Bonchev–Trinajstić information content (AvgIpc) is 3.35. The van der Waals surface area contributed by atoms with Crippen molar-refractivity contribution in [3.05, 3.63) is 88.0 Å². The Labute approximate surface area is 256 Å². The molecule has 0 spiro atoms. The van der Waals surface area contributed by atoms with E-state index in [-0.39, 0.29) is 22.1 Å². The molecule has 0 radical (unpaired) electrons. The Bertz CT molecular complexity index is 1980. The van der Waals surface area contributed by atoms with E-state index in [2.05, 4.69) is 0 Å². The molecule has 2 aliphatic heterocycles. The monoisotopic (exact) mass is 668 g/mol. The summed E-state index contributed by atoms with van der Waals surface area (Å²) in [5, 5.41) is 9.94. The van der Waals surface area contributed by atoms with Crippen LogP contribution in [0.3, 0.4) is 0 Å². The second-order valence-corrected chi connectivity index (χ2v) is 13.6. The molecule has 4 amide bonds. The number of fused-ring (bicyclic) bond motifs is 2. The maximum atomic E-state index is 13.6. The molecule has 2 heterocycles. The van der Waals surface area contributed by atoms with Crippen molar-refractivity contribution in [2.75, 3.05) is 4.90 Å². The number of aryl methyl sites for hydroxylation is 1. The number of hydrogen-bond donors (Lipinski definition) is 1. The molecule has 0 unspecified atom stereocenters. The van der Waals surface area contributed by atoms with Gasteiger partial charge in [0.25, 0.3) is 29.2 Å². The number of carbonyl (C=O) groups excluding carboxylic acids is 4. The highest BCUT2D eigenvalue weighted by Crippen LogP contribution is 2.51. The maximum Gasteiger partial charge on any atom is 0.430 e. The molecule has 0 saturated carbocycles. The van der Waals surface area contributed by atoms with Gasteiger partial charge in [-0.25, -0.2) is 13.3 Å². The molecule has 0 aromatic heterocycles. The number of halogens is 6. The number of carbonyl (C=O) groups is 4. The van der Waals surface area contributed by atoms with Gasteiger partial charge in [-0.2, -0.15) is 26.3 Å². The molecular formula is C30H22F6N2O7S. The van der Waals surface area contributed by atoms with E-state index >= 15 is 0 Å². The van der Waals surface area contributed by atoms with E-state index < -0.39 is 94.7 Å². The topological polar surface area (TPSA) is 129 Å². The summed E-state index contributed by atoms with van der Waals surface area (Å²) in [5.74, 6) is -3.79. The smallest absolute Gasteiger partial charge is 0.369 e. The van der Waals surface area contributed by atoms with Crippen LogP contribution in [-0.2, 0) is 15.4 Å². The summed E-state index contributed by atoms with van der Waals surface area (Å²) < 4.78 is 109. The Kier molecular flexibility index (Phi) is 7.11. The van der Waals surface area contributed by atoms with Gasteiger partial charge in [0.2, 0.25) is 9.84 Å². The number of alkyl halides is 6. The first-order chi connectivity index (χ1) is 20.9. The van der Waals surface area contributed by atoms with Crippen molar-refractivity contribution in [3.63, 3.8) is 0 Å². The van der Waals surface area contributed by atoms with Gasteiger partial charge in [-0.3, -0.25) is 24.1 Å². The first-order valence-electron chi connectivity index (χ1n) is 13.2. The predicted molar refractivity (Wildman–Crippen MR) is 147 cm³/mol. The van der Waals surface area contributed by atoms with Crippen LogP contribution in [0.25, 0.3) is 0 Å². The summed E-state index contributed by atoms with van der Waals surface area (Å²) in [6.07, 6.45) is -12.5. The third kappa shape index (κ3) is 4.61. The molecule has 0 fully saturated rings. The molecule has 9 nitrogen and oxygen atoms in total. The number of hydrogen-bond acceptors (Lipinski definition) is 7. The third-order valence-corrected chi connectivity index (χ3v) is 9.45. The van der Waals surface area contributed by atoms with Crippen LogP contribution >= 0.6 is 0 Å². The van der Waals surface area contributed by atoms with Crippen LogP contribution < -0.4 is 4.90 Å². The molecule has 2 aliphatic rings. The highest BCUT2D eigenvalue weighted by atomic mass is 32.2. The SMILES string of the molecule is Cc1ccc(N2C(=O)c3ccc(S(=O)(=O)c4ccc5c(c4)C(=O)N(C(C)(C)C)C5=O)cc3C2=O)cc1C(O)(C(F)(F)F)C(F)(F)F. The Morgan fingerprint density at radius 2 is 1.07 bits per heavy atom. The van der Waals surface area contributed by atoms with Gasteiger partial charge < -0.3 is 5.11 Å². The van der Waals surface area contributed by atoms with E-state index in [0.29, 0.717) is 0 Å². The quantitative estimate of drug-likeness (QED) is 0.294. The zero-order chi connectivity index (χ0) is 34.5. The minimum Gasteiger partial charge on any atom is -0.369 e. The molecule has 3 aromatic rings. The van der Waals surface area contributed by atoms with E-state index in [1.807, 2.05) is 0 Å². The largest absolute Gasteiger partial charge is 0.430 e. The van der Waals surface area contributed by atoms with Crippen molar-refractivity contribution in [1.29, 1.82) is 0 Å². The molecule has 46 heavy (non-hydrogen) atoms. The molecule has 16 heteroatoms. The third-order valence-electron chi connectivity index (χ3n) is 7.70. The predicted octanol–water partition coefficient (Wildman–Crippen LogP) is 5.34. The highest BCUT2D eigenvalue weighted by Gasteiger charge is 2.72. The van der Waals surface area contributed by atoms with Gasteiger partial charge in [0.15, 0.2) is 0 Å². The lowest BCUT2D eigenvalue weighted by Gasteiger charge is -2.34. The molecule has 3 aromatic carbocycles. The van der Waals surface area contributed by atoms with Crippen molar-refractivity contribution < 1.29 is 59.0 Å². The molecule has 0 saturated heterocycles. The second kappa shape index (κ2) is 9.96. The molecule has 0 atom stereocenters. The van der Waals surface area contributed by atoms with Gasteiger partial charge in [0.1, 0.15) is 0 Å². The first kappa shape index (κ1) is 32.8. The lowest BCUT2D eigenvalue weighted by molar-refractivity contribution is -0.376. The van der Waals surface area contributed by atoms with Crippen molar-refractivity contribution in [3.8, 4) is 0 Å². The summed E-state index contributed by atoms with van der Waals surface area (Å²) >= 11 is 0. The van der Waals surface area contributed by atoms with E-state index in [1.54, 1.807) is 20.8 Å². The van der Waals surface area contributed by atoms with Crippen LogP contribution in [0.4, 0.5) is 32.0 Å². The van der Waals surface area contributed by atoms with Crippen molar-refractivity contribution in [1.82, 2.24) is 4.90 Å². The normalized spacial score (nSPS) is 16.0. The Balaban J connectivity index is 1.54. The van der Waals surface area contributed by atoms with Crippen LogP contribution in [0.2, 0.25) is 0 Å². The Morgan fingerprint density at radius 1 is 0.630 bits per heavy atom. The van der Waals surface area contributed by atoms with Gasteiger partial charge in [-0.05, 0) is 81.8 Å². The number of aliphatic hydroxyl groups is 1. The van der Waals surface area contributed by atoms with Crippen molar-refractivity contribution in [2.24, 2.45) is 0 Å². The second-order valence-electron chi connectivity index (χ2n) is 11.7. The number of amides is 4. The number of rotatable bonds is 4. The molecule has 0 bridgehead atoms. The van der Waals surface area contributed by atoms with Gasteiger partial charge >= 0.3 is 12.4 Å². The number of benzene rings is 3. The molecule has 0 aliphatic carbocycles. The lowest BCUT2D eigenvalue weighted by Crippen LogP contribution is -2.54. The molecule has 242 valence electrons.